The van der Waals surface area contributed by atoms with E-state index >= 15 is 0 Å². The van der Waals surface area contributed by atoms with Crippen molar-refractivity contribution in [2.45, 2.75) is 6.92 Å². The summed E-state index contributed by atoms with van der Waals surface area (Å²) in [7, 11) is 0. The lowest BCUT2D eigenvalue weighted by atomic mass is 10.4. The molecule has 0 spiro atoms. The molecule has 1 aromatic heterocycles. The van der Waals surface area contributed by atoms with Gasteiger partial charge in [-0.2, -0.15) is 0 Å². The quantitative estimate of drug-likeness (QED) is 0.608. The second-order valence-electron chi connectivity index (χ2n) is 2.94. The third kappa shape index (κ3) is 5.31. The summed E-state index contributed by atoms with van der Waals surface area (Å²) in [6.07, 6.45) is 5.43. The number of nitrogens with one attached hydrogen (secondary N) is 2. The molecule has 2 N–H and O–H groups in total. The molecule has 1 aromatic rings. The maximum Gasteiger partial charge on any atom is 0.326 e. The van der Waals surface area contributed by atoms with Crippen molar-refractivity contribution < 1.29 is 14.3 Å². The molecule has 3 amide bonds. The number of imide groups is 1. The van der Waals surface area contributed by atoms with Crippen LogP contribution in [0.15, 0.2) is 36.9 Å². The number of ether oxygens (including phenoxy) is 1. The molecule has 17 heavy (non-hydrogen) atoms. The van der Waals surface area contributed by atoms with Gasteiger partial charge in [-0.05, 0) is 19.1 Å². The van der Waals surface area contributed by atoms with Gasteiger partial charge in [-0.3, -0.25) is 15.1 Å². The van der Waals surface area contributed by atoms with E-state index in [9.17, 15) is 9.59 Å². The van der Waals surface area contributed by atoms with Gasteiger partial charge in [0.15, 0.2) is 0 Å². The first-order chi connectivity index (χ1) is 8.22. The number of rotatable bonds is 4. The lowest BCUT2D eigenvalue weighted by molar-refractivity contribution is -0.115. The van der Waals surface area contributed by atoms with Crippen LogP contribution in [0.5, 0.6) is 0 Å². The van der Waals surface area contributed by atoms with Crippen molar-refractivity contribution in [1.29, 1.82) is 0 Å². The van der Waals surface area contributed by atoms with Crippen LogP contribution in [0.1, 0.15) is 6.92 Å². The number of aromatic nitrogens is 1. The monoisotopic (exact) mass is 235 g/mol. The normalized spacial score (nSPS) is 9.94. The van der Waals surface area contributed by atoms with Gasteiger partial charge >= 0.3 is 6.03 Å². The van der Waals surface area contributed by atoms with Crippen LogP contribution in [-0.2, 0) is 9.53 Å². The zero-order valence-corrected chi connectivity index (χ0v) is 9.34. The molecule has 0 fully saturated rings. The Balaban J connectivity index is 2.37. The van der Waals surface area contributed by atoms with Gasteiger partial charge in [0.1, 0.15) is 0 Å². The number of anilines is 1. The van der Waals surface area contributed by atoms with Gasteiger partial charge in [-0.1, -0.05) is 0 Å². The minimum absolute atomic E-state index is 0.465. The highest BCUT2D eigenvalue weighted by Gasteiger charge is 2.04. The summed E-state index contributed by atoms with van der Waals surface area (Å²) in [5.74, 6) is -0.551. The Morgan fingerprint density at radius 3 is 2.76 bits per heavy atom. The number of amides is 3. The van der Waals surface area contributed by atoms with E-state index in [1.807, 2.05) is 0 Å². The topological polar surface area (TPSA) is 80.3 Å². The molecule has 6 heteroatoms. The van der Waals surface area contributed by atoms with Gasteiger partial charge in [0, 0.05) is 24.2 Å². The molecule has 0 saturated carbocycles. The van der Waals surface area contributed by atoms with Crippen molar-refractivity contribution in [2.75, 3.05) is 11.9 Å². The molecule has 1 heterocycles. The number of nitrogens with zero attached hydrogens (tertiary/aromatic N) is 1. The predicted octanol–water partition coefficient (Wildman–Crippen LogP) is 1.28. The van der Waals surface area contributed by atoms with Crippen molar-refractivity contribution in [1.82, 2.24) is 10.3 Å². The number of carbonyl (C=O) groups excluding carboxylic acids is 2. The molecule has 90 valence electrons. The summed E-state index contributed by atoms with van der Waals surface area (Å²) in [5.41, 5.74) is 0.555. The lowest BCUT2D eigenvalue weighted by Gasteiger charge is -2.03. The number of urea groups is 1. The van der Waals surface area contributed by atoms with E-state index in [1.54, 1.807) is 19.1 Å². The van der Waals surface area contributed by atoms with Gasteiger partial charge in [0.25, 0.3) is 5.91 Å². The molecule has 0 saturated heterocycles. The molecule has 0 unspecified atom stereocenters. The van der Waals surface area contributed by atoms with Crippen molar-refractivity contribution in [3.63, 3.8) is 0 Å². The Kier molecular flexibility index (Phi) is 5.23. The van der Waals surface area contributed by atoms with Crippen molar-refractivity contribution in [3.05, 3.63) is 36.9 Å². The molecule has 0 aliphatic rings. The molecule has 1 rings (SSSR count). The average molecular weight is 235 g/mol. The lowest BCUT2D eigenvalue weighted by Crippen LogP contribution is -2.33. The Morgan fingerprint density at radius 2 is 2.12 bits per heavy atom. The first-order valence-corrected chi connectivity index (χ1v) is 5.02. The average Bonchev–Trinajstić information content (AvgIpc) is 2.30. The highest BCUT2D eigenvalue weighted by Crippen LogP contribution is 2.01. The zero-order valence-electron chi connectivity index (χ0n) is 9.34. The van der Waals surface area contributed by atoms with E-state index in [0.29, 0.717) is 12.3 Å². The van der Waals surface area contributed by atoms with Crippen LogP contribution in [0.3, 0.4) is 0 Å². The first-order valence-electron chi connectivity index (χ1n) is 5.02. The first kappa shape index (κ1) is 12.7. The summed E-state index contributed by atoms with van der Waals surface area (Å²) >= 11 is 0. The molecule has 0 radical (unpaired) electrons. The molecular formula is C11H13N3O3. The van der Waals surface area contributed by atoms with Gasteiger partial charge in [0.2, 0.25) is 0 Å². The van der Waals surface area contributed by atoms with E-state index in [0.717, 1.165) is 6.08 Å². The molecule has 0 aliphatic carbocycles. The molecule has 6 nitrogen and oxygen atoms in total. The van der Waals surface area contributed by atoms with E-state index in [2.05, 4.69) is 15.6 Å². The van der Waals surface area contributed by atoms with E-state index < -0.39 is 11.9 Å². The molecule has 0 bridgehead atoms. The van der Waals surface area contributed by atoms with Crippen LogP contribution >= 0.6 is 0 Å². The van der Waals surface area contributed by atoms with Crippen LogP contribution in [0.25, 0.3) is 0 Å². The molecule has 0 atom stereocenters. The maximum absolute atomic E-state index is 11.3. The maximum atomic E-state index is 11.3. The van der Waals surface area contributed by atoms with Gasteiger partial charge in [0.05, 0.1) is 12.9 Å². The summed E-state index contributed by atoms with van der Waals surface area (Å²) in [6, 6.07) is 2.61. The molecule has 0 aliphatic heterocycles. The number of hydrogen-bond acceptors (Lipinski definition) is 4. The molecular weight excluding hydrogens is 222 g/mol. The van der Waals surface area contributed by atoms with E-state index in [-0.39, 0.29) is 0 Å². The zero-order chi connectivity index (χ0) is 12.5. The number of carbonyl (C=O) groups is 2. The minimum atomic E-state index is -0.609. The minimum Gasteiger partial charge on any atom is -0.501 e. The van der Waals surface area contributed by atoms with Crippen LogP contribution < -0.4 is 10.6 Å². The van der Waals surface area contributed by atoms with Crippen molar-refractivity contribution in [3.8, 4) is 0 Å². The second-order valence-corrected chi connectivity index (χ2v) is 2.94. The van der Waals surface area contributed by atoms with Gasteiger partial charge in [-0.25, -0.2) is 4.79 Å². The van der Waals surface area contributed by atoms with Crippen LogP contribution in [0.4, 0.5) is 10.5 Å². The number of hydrogen-bond donors (Lipinski definition) is 2. The third-order valence-electron chi connectivity index (χ3n) is 1.66. The van der Waals surface area contributed by atoms with Gasteiger partial charge < -0.3 is 10.1 Å². The van der Waals surface area contributed by atoms with Gasteiger partial charge in [-0.15, -0.1) is 0 Å². The predicted molar refractivity (Wildman–Crippen MR) is 62.2 cm³/mol. The fourth-order valence-electron chi connectivity index (χ4n) is 0.957. The van der Waals surface area contributed by atoms with Crippen LogP contribution in [-0.4, -0.2) is 23.5 Å². The molecule has 0 aromatic carbocycles. The largest absolute Gasteiger partial charge is 0.501 e. The fraction of sp³-hybridized carbons (Fsp3) is 0.182. The summed E-state index contributed by atoms with van der Waals surface area (Å²) < 4.78 is 4.82. The van der Waals surface area contributed by atoms with E-state index in [4.69, 9.17) is 4.74 Å². The summed E-state index contributed by atoms with van der Waals surface area (Å²) in [5, 5.41) is 4.59. The Bertz CT molecular complexity index is 404. The third-order valence-corrected chi connectivity index (χ3v) is 1.66. The standard InChI is InChI=1S/C11H13N3O3/c1-2-17-8-5-10(15)14-11(16)13-9-3-6-12-7-4-9/h3-8H,2H2,1H3,(H2,12,13,14,15,16)/b8-5+. The highest BCUT2D eigenvalue weighted by molar-refractivity contribution is 6.04. The van der Waals surface area contributed by atoms with Crippen molar-refractivity contribution >= 4 is 17.6 Å². The smallest absolute Gasteiger partial charge is 0.326 e. The van der Waals surface area contributed by atoms with Crippen LogP contribution in [0, 0.1) is 0 Å². The second kappa shape index (κ2) is 7.00. The summed E-state index contributed by atoms with van der Waals surface area (Å²) in [4.78, 5) is 26.3. The SMILES string of the molecule is CCO/C=C/C(=O)NC(=O)Nc1ccncc1. The Morgan fingerprint density at radius 1 is 1.41 bits per heavy atom. The highest BCUT2D eigenvalue weighted by atomic mass is 16.5. The number of pyridine rings is 1. The Hall–Kier alpha value is -2.37. The van der Waals surface area contributed by atoms with Crippen molar-refractivity contribution in [2.24, 2.45) is 0 Å². The van der Waals surface area contributed by atoms with Crippen LogP contribution in [0.2, 0.25) is 0 Å². The Labute approximate surface area is 98.7 Å². The van der Waals surface area contributed by atoms with E-state index in [1.165, 1.54) is 18.7 Å². The summed E-state index contributed by atoms with van der Waals surface area (Å²) in [6.45, 7) is 2.26. The fourth-order valence-corrected chi connectivity index (χ4v) is 0.957.